The number of hydrogen-bond donors (Lipinski definition) is 0. The van der Waals surface area contributed by atoms with Crippen LogP contribution < -0.4 is 0 Å². The van der Waals surface area contributed by atoms with Gasteiger partial charge in [-0.15, -0.1) is 0 Å². The van der Waals surface area contributed by atoms with E-state index in [4.69, 9.17) is 11.6 Å². The van der Waals surface area contributed by atoms with Gasteiger partial charge >= 0.3 is 0 Å². The lowest BCUT2D eigenvalue weighted by molar-refractivity contribution is 1.19. The predicted molar refractivity (Wildman–Crippen MR) is 63.4 cm³/mol. The van der Waals surface area contributed by atoms with Crippen LogP contribution in [-0.2, 0) is 0 Å². The van der Waals surface area contributed by atoms with E-state index < -0.39 is 0 Å². The summed E-state index contributed by atoms with van der Waals surface area (Å²) in [5.41, 5.74) is 2.71. The van der Waals surface area contributed by atoms with Gasteiger partial charge in [0.1, 0.15) is 0 Å². The van der Waals surface area contributed by atoms with E-state index in [2.05, 4.69) is 9.97 Å². The summed E-state index contributed by atoms with van der Waals surface area (Å²) in [4.78, 5) is 8.47. The first-order chi connectivity index (χ1) is 7.84. The summed E-state index contributed by atoms with van der Waals surface area (Å²) in [7, 11) is 0. The minimum absolute atomic E-state index is 0.655. The lowest BCUT2D eigenvalue weighted by Crippen LogP contribution is -1.80. The van der Waals surface area contributed by atoms with Crippen molar-refractivity contribution in [1.82, 2.24) is 14.4 Å². The lowest BCUT2D eigenvalue weighted by atomic mass is 10.2. The Kier molecular flexibility index (Phi) is 2.11. The van der Waals surface area contributed by atoms with Crippen LogP contribution >= 0.6 is 11.6 Å². The van der Waals surface area contributed by atoms with E-state index in [1.165, 1.54) is 0 Å². The lowest BCUT2D eigenvalue weighted by Gasteiger charge is -1.92. The van der Waals surface area contributed by atoms with Crippen LogP contribution in [0.2, 0.25) is 5.02 Å². The zero-order valence-corrected chi connectivity index (χ0v) is 9.09. The van der Waals surface area contributed by atoms with Gasteiger partial charge < -0.3 is 4.40 Å². The number of fused-ring (bicyclic) bond motifs is 1. The molecule has 3 aromatic heterocycles. The molecule has 0 unspecified atom stereocenters. The number of imidazole rings is 1. The van der Waals surface area contributed by atoms with E-state index in [9.17, 15) is 0 Å². The summed E-state index contributed by atoms with van der Waals surface area (Å²) >= 11 is 6.06. The second-order valence-electron chi connectivity index (χ2n) is 3.45. The molecule has 78 valence electrons. The Morgan fingerprint density at radius 2 is 1.94 bits per heavy atom. The van der Waals surface area contributed by atoms with Crippen LogP contribution in [0.25, 0.3) is 16.9 Å². The monoisotopic (exact) mass is 229 g/mol. The molecule has 0 aromatic carbocycles. The van der Waals surface area contributed by atoms with Crippen molar-refractivity contribution in [3.8, 4) is 11.3 Å². The topological polar surface area (TPSA) is 30.2 Å². The minimum atomic E-state index is 0.655. The molecule has 0 aliphatic carbocycles. The molecule has 16 heavy (non-hydrogen) atoms. The van der Waals surface area contributed by atoms with Gasteiger partial charge in [-0.3, -0.25) is 4.98 Å². The molecule has 0 radical (unpaired) electrons. The van der Waals surface area contributed by atoms with E-state index in [0.717, 1.165) is 16.9 Å². The summed E-state index contributed by atoms with van der Waals surface area (Å²) in [5, 5.41) is 0.655. The molecule has 0 N–H and O–H groups in total. The molecule has 3 rings (SSSR count). The third-order valence-corrected chi connectivity index (χ3v) is 2.71. The standard InChI is InChI=1S/C12H8ClN3/c13-10-2-1-7-16-8-11(15-12(10)16)9-3-5-14-6-4-9/h1-8H. The summed E-state index contributed by atoms with van der Waals surface area (Å²) in [6.07, 6.45) is 7.39. The number of hydrogen-bond acceptors (Lipinski definition) is 2. The quantitative estimate of drug-likeness (QED) is 0.642. The fourth-order valence-corrected chi connectivity index (χ4v) is 1.85. The van der Waals surface area contributed by atoms with Gasteiger partial charge in [-0.25, -0.2) is 4.98 Å². The number of aromatic nitrogens is 3. The first-order valence-corrected chi connectivity index (χ1v) is 5.26. The van der Waals surface area contributed by atoms with Crippen LogP contribution in [0.15, 0.2) is 49.1 Å². The normalized spacial score (nSPS) is 10.8. The smallest absolute Gasteiger partial charge is 0.156 e. The van der Waals surface area contributed by atoms with Gasteiger partial charge in [-0.1, -0.05) is 11.6 Å². The third-order valence-electron chi connectivity index (χ3n) is 2.41. The first kappa shape index (κ1) is 9.36. The summed E-state index contributed by atoms with van der Waals surface area (Å²) < 4.78 is 1.91. The van der Waals surface area contributed by atoms with Gasteiger partial charge in [0, 0.05) is 30.4 Å². The van der Waals surface area contributed by atoms with Crippen LogP contribution in [0.1, 0.15) is 0 Å². The van der Waals surface area contributed by atoms with Crippen molar-refractivity contribution in [3.05, 3.63) is 54.1 Å². The third kappa shape index (κ3) is 1.46. The molecule has 0 saturated carbocycles. The van der Waals surface area contributed by atoms with Crippen LogP contribution in [0.5, 0.6) is 0 Å². The molecule has 0 spiro atoms. The van der Waals surface area contributed by atoms with Crippen LogP contribution in [-0.4, -0.2) is 14.4 Å². The summed E-state index contributed by atoms with van der Waals surface area (Å²) in [6.45, 7) is 0. The van der Waals surface area contributed by atoms with Gasteiger partial charge in [0.05, 0.1) is 10.7 Å². The maximum absolute atomic E-state index is 6.06. The van der Waals surface area contributed by atoms with Crippen molar-refractivity contribution in [2.24, 2.45) is 0 Å². The molecule has 0 bridgehead atoms. The van der Waals surface area contributed by atoms with E-state index in [1.54, 1.807) is 12.4 Å². The highest BCUT2D eigenvalue weighted by atomic mass is 35.5. The van der Waals surface area contributed by atoms with E-state index >= 15 is 0 Å². The maximum atomic E-state index is 6.06. The number of rotatable bonds is 1. The Hall–Kier alpha value is -1.87. The van der Waals surface area contributed by atoms with Crippen LogP contribution in [0.3, 0.4) is 0 Å². The molecular weight excluding hydrogens is 222 g/mol. The molecule has 0 fully saturated rings. The average molecular weight is 230 g/mol. The van der Waals surface area contributed by atoms with Gasteiger partial charge in [0.2, 0.25) is 0 Å². The zero-order chi connectivity index (χ0) is 11.0. The second-order valence-corrected chi connectivity index (χ2v) is 3.86. The molecule has 4 heteroatoms. The average Bonchev–Trinajstić information content (AvgIpc) is 2.76. The Morgan fingerprint density at radius 1 is 1.12 bits per heavy atom. The maximum Gasteiger partial charge on any atom is 0.156 e. The van der Waals surface area contributed by atoms with Gasteiger partial charge in [0.25, 0.3) is 0 Å². The minimum Gasteiger partial charge on any atom is -0.305 e. The van der Waals surface area contributed by atoms with Crippen molar-refractivity contribution >= 4 is 17.2 Å². The molecule has 3 nitrogen and oxygen atoms in total. The van der Waals surface area contributed by atoms with E-state index in [1.807, 2.05) is 41.1 Å². The molecule has 0 atom stereocenters. The molecule has 0 amide bonds. The highest BCUT2D eigenvalue weighted by Crippen LogP contribution is 2.22. The summed E-state index contributed by atoms with van der Waals surface area (Å²) in [5.74, 6) is 0. The van der Waals surface area contributed by atoms with Gasteiger partial charge in [0.15, 0.2) is 5.65 Å². The van der Waals surface area contributed by atoms with Crippen molar-refractivity contribution in [2.45, 2.75) is 0 Å². The second kappa shape index (κ2) is 3.61. The molecule has 0 aliphatic heterocycles. The van der Waals surface area contributed by atoms with Gasteiger partial charge in [-0.2, -0.15) is 0 Å². The molecule has 0 saturated heterocycles. The predicted octanol–water partition coefficient (Wildman–Crippen LogP) is 3.05. The van der Waals surface area contributed by atoms with E-state index in [0.29, 0.717) is 5.02 Å². The Morgan fingerprint density at radius 3 is 2.69 bits per heavy atom. The first-order valence-electron chi connectivity index (χ1n) is 4.88. The summed E-state index contributed by atoms with van der Waals surface area (Å²) in [6, 6.07) is 7.58. The van der Waals surface area contributed by atoms with Crippen molar-refractivity contribution in [3.63, 3.8) is 0 Å². The Balaban J connectivity index is 2.23. The Labute approximate surface area is 97.3 Å². The molecule has 3 aromatic rings. The Bertz CT molecular complexity index is 631. The molecular formula is C12H8ClN3. The number of pyridine rings is 2. The highest BCUT2D eigenvalue weighted by molar-refractivity contribution is 6.33. The number of nitrogens with zero attached hydrogens (tertiary/aromatic N) is 3. The zero-order valence-electron chi connectivity index (χ0n) is 8.34. The van der Waals surface area contributed by atoms with Gasteiger partial charge in [-0.05, 0) is 24.3 Å². The fraction of sp³-hybridized carbons (Fsp3) is 0. The molecule has 3 heterocycles. The van der Waals surface area contributed by atoms with Crippen molar-refractivity contribution < 1.29 is 0 Å². The molecule has 0 aliphatic rings. The van der Waals surface area contributed by atoms with E-state index in [-0.39, 0.29) is 0 Å². The SMILES string of the molecule is Clc1cccn2cc(-c3ccncc3)nc12. The van der Waals surface area contributed by atoms with Crippen LogP contribution in [0, 0.1) is 0 Å². The highest BCUT2D eigenvalue weighted by Gasteiger charge is 2.05. The van der Waals surface area contributed by atoms with Crippen LogP contribution in [0.4, 0.5) is 0 Å². The fourth-order valence-electron chi connectivity index (χ4n) is 1.64. The van der Waals surface area contributed by atoms with Crippen molar-refractivity contribution in [1.29, 1.82) is 0 Å². The van der Waals surface area contributed by atoms with Crippen molar-refractivity contribution in [2.75, 3.05) is 0 Å². The largest absolute Gasteiger partial charge is 0.305 e. The number of halogens is 1.